The largest absolute Gasteiger partial charge is 0.507 e. The second-order valence-electron chi connectivity index (χ2n) is 5.81. The number of benzene rings is 1. The Balaban J connectivity index is 2.08. The quantitative estimate of drug-likeness (QED) is 0.826. The minimum Gasteiger partial charge on any atom is -0.507 e. The van der Waals surface area contributed by atoms with Crippen LogP contribution in [-0.4, -0.2) is 16.5 Å². The van der Waals surface area contributed by atoms with E-state index in [4.69, 9.17) is 4.74 Å². The number of fused-ring (bicyclic) bond motifs is 1. The normalized spacial score (nSPS) is 20.5. The van der Waals surface area contributed by atoms with Crippen LogP contribution in [0.25, 0.3) is 0 Å². The highest BCUT2D eigenvalue weighted by molar-refractivity contribution is 6.03. The molecule has 1 spiro atoms. The molecule has 1 aromatic rings. The molecule has 1 aliphatic carbocycles. The van der Waals surface area contributed by atoms with E-state index < -0.39 is 0 Å². The number of carbonyl (C=O) groups excluding carboxylic acids is 1. The molecule has 2 aliphatic rings. The molecule has 3 rings (SSSR count). The van der Waals surface area contributed by atoms with Crippen LogP contribution >= 0.6 is 0 Å². The number of hydrogen-bond donors (Lipinski definition) is 1. The number of aromatic hydroxyl groups is 1. The van der Waals surface area contributed by atoms with Crippen LogP contribution in [0.2, 0.25) is 0 Å². The van der Waals surface area contributed by atoms with Crippen molar-refractivity contribution in [2.45, 2.75) is 51.0 Å². The van der Waals surface area contributed by atoms with Crippen molar-refractivity contribution >= 4 is 5.78 Å². The molecule has 0 atom stereocenters. The van der Waals surface area contributed by atoms with Gasteiger partial charge in [-0.15, -0.1) is 0 Å². The molecule has 0 aromatic heterocycles. The average molecular weight is 246 g/mol. The molecular formula is C15H18O3. The third-order valence-corrected chi connectivity index (χ3v) is 4.12. The Labute approximate surface area is 107 Å². The molecule has 1 aromatic carbocycles. The van der Waals surface area contributed by atoms with Crippen LogP contribution < -0.4 is 4.74 Å². The summed E-state index contributed by atoms with van der Waals surface area (Å²) in [6.45, 7) is 4.12. The minimum atomic E-state index is -0.272. The number of hydrogen-bond acceptors (Lipinski definition) is 3. The summed E-state index contributed by atoms with van der Waals surface area (Å²) >= 11 is 0. The molecule has 1 heterocycles. The zero-order valence-electron chi connectivity index (χ0n) is 10.8. The molecule has 1 fully saturated rings. The highest BCUT2D eigenvalue weighted by Crippen LogP contribution is 2.47. The first-order chi connectivity index (χ1) is 8.51. The van der Waals surface area contributed by atoms with Crippen molar-refractivity contribution in [1.29, 1.82) is 0 Å². The summed E-state index contributed by atoms with van der Waals surface area (Å²) in [5.74, 6) is 0.966. The zero-order chi connectivity index (χ0) is 12.9. The van der Waals surface area contributed by atoms with E-state index in [0.29, 0.717) is 23.7 Å². The topological polar surface area (TPSA) is 46.5 Å². The van der Waals surface area contributed by atoms with Gasteiger partial charge in [-0.25, -0.2) is 0 Å². The molecule has 0 saturated heterocycles. The second-order valence-corrected chi connectivity index (χ2v) is 5.81. The van der Waals surface area contributed by atoms with E-state index in [2.05, 4.69) is 13.8 Å². The zero-order valence-corrected chi connectivity index (χ0v) is 10.8. The maximum absolute atomic E-state index is 12.2. The fourth-order valence-electron chi connectivity index (χ4n) is 2.82. The average Bonchev–Trinajstić information content (AvgIpc) is 2.25. The fraction of sp³-hybridized carbons (Fsp3) is 0.533. The lowest BCUT2D eigenvalue weighted by Gasteiger charge is -2.44. The molecule has 1 N–H and O–H groups in total. The van der Waals surface area contributed by atoms with Crippen LogP contribution in [0.3, 0.4) is 0 Å². The van der Waals surface area contributed by atoms with E-state index in [1.807, 2.05) is 6.07 Å². The number of Topliss-reactive ketones (excluding diaryl/α,β-unsaturated/α-hetero) is 1. The third kappa shape index (κ3) is 1.61. The highest BCUT2D eigenvalue weighted by Gasteiger charge is 2.46. The molecule has 3 nitrogen and oxygen atoms in total. The first kappa shape index (κ1) is 11.6. The maximum atomic E-state index is 12.2. The summed E-state index contributed by atoms with van der Waals surface area (Å²) in [7, 11) is 0. The monoisotopic (exact) mass is 246 g/mol. The number of ketones is 1. The molecule has 1 saturated carbocycles. The summed E-state index contributed by atoms with van der Waals surface area (Å²) in [5.41, 5.74) is 1.11. The Kier molecular flexibility index (Phi) is 2.40. The van der Waals surface area contributed by atoms with Crippen molar-refractivity contribution in [3.63, 3.8) is 0 Å². The Morgan fingerprint density at radius 2 is 2.06 bits per heavy atom. The molecule has 3 heteroatoms. The first-order valence-electron chi connectivity index (χ1n) is 6.60. The molecule has 0 bridgehead atoms. The van der Waals surface area contributed by atoms with E-state index in [9.17, 15) is 9.90 Å². The van der Waals surface area contributed by atoms with E-state index in [-0.39, 0.29) is 17.1 Å². The third-order valence-electron chi connectivity index (χ3n) is 4.12. The summed E-state index contributed by atoms with van der Waals surface area (Å²) in [4.78, 5) is 12.2. The molecule has 0 amide bonds. The number of rotatable bonds is 1. The summed E-state index contributed by atoms with van der Waals surface area (Å²) in [5, 5.41) is 10.0. The van der Waals surface area contributed by atoms with E-state index in [0.717, 1.165) is 24.8 Å². The van der Waals surface area contributed by atoms with E-state index in [1.165, 1.54) is 0 Å². The Morgan fingerprint density at radius 3 is 2.61 bits per heavy atom. The predicted molar refractivity (Wildman–Crippen MR) is 68.4 cm³/mol. The van der Waals surface area contributed by atoms with Crippen LogP contribution in [0.5, 0.6) is 11.5 Å². The van der Waals surface area contributed by atoms with Crippen molar-refractivity contribution in [2.75, 3.05) is 0 Å². The smallest absolute Gasteiger partial charge is 0.174 e. The van der Waals surface area contributed by atoms with Gasteiger partial charge in [-0.1, -0.05) is 13.8 Å². The van der Waals surface area contributed by atoms with Gasteiger partial charge in [-0.05, 0) is 42.9 Å². The predicted octanol–water partition coefficient (Wildman–Crippen LogP) is 3.40. The SMILES string of the molecule is CC(C)c1cc(O)c2c(c1)OC1(CCC1)CC2=O. The molecular weight excluding hydrogens is 228 g/mol. The van der Waals surface area contributed by atoms with Crippen LogP contribution in [0, 0.1) is 0 Å². The standard InChI is InChI=1S/C15H18O3/c1-9(2)10-6-11(16)14-12(17)8-15(4-3-5-15)18-13(14)7-10/h6-7,9,16H,3-5,8H2,1-2H3. The number of ether oxygens (including phenoxy) is 1. The van der Waals surface area contributed by atoms with E-state index >= 15 is 0 Å². The van der Waals surface area contributed by atoms with Crippen molar-refractivity contribution in [3.8, 4) is 11.5 Å². The molecule has 1 aliphatic heterocycles. The van der Waals surface area contributed by atoms with Gasteiger partial charge in [0, 0.05) is 0 Å². The molecule has 96 valence electrons. The van der Waals surface area contributed by atoms with Gasteiger partial charge in [0.1, 0.15) is 22.7 Å². The minimum absolute atomic E-state index is 0.0174. The van der Waals surface area contributed by atoms with E-state index in [1.54, 1.807) is 6.07 Å². The van der Waals surface area contributed by atoms with Crippen molar-refractivity contribution < 1.29 is 14.6 Å². The first-order valence-corrected chi connectivity index (χ1v) is 6.60. The number of carbonyl (C=O) groups is 1. The van der Waals surface area contributed by atoms with Gasteiger partial charge in [0.15, 0.2) is 5.78 Å². The maximum Gasteiger partial charge on any atom is 0.174 e. The van der Waals surface area contributed by atoms with Crippen LogP contribution in [0.15, 0.2) is 12.1 Å². The second kappa shape index (κ2) is 3.74. The van der Waals surface area contributed by atoms with Crippen molar-refractivity contribution in [1.82, 2.24) is 0 Å². The van der Waals surface area contributed by atoms with Crippen LogP contribution in [0.4, 0.5) is 0 Å². The fourth-order valence-corrected chi connectivity index (χ4v) is 2.82. The van der Waals surface area contributed by atoms with Crippen LogP contribution in [-0.2, 0) is 0 Å². The van der Waals surface area contributed by atoms with Crippen molar-refractivity contribution in [2.24, 2.45) is 0 Å². The van der Waals surface area contributed by atoms with Gasteiger partial charge in [0.2, 0.25) is 0 Å². The molecule has 0 radical (unpaired) electrons. The lowest BCUT2D eigenvalue weighted by Crippen LogP contribution is -2.47. The highest BCUT2D eigenvalue weighted by atomic mass is 16.5. The van der Waals surface area contributed by atoms with Crippen molar-refractivity contribution in [3.05, 3.63) is 23.3 Å². The van der Waals surface area contributed by atoms with Gasteiger partial charge >= 0.3 is 0 Å². The number of phenols is 1. The number of phenolic OH excluding ortho intramolecular Hbond substituents is 1. The molecule has 0 unspecified atom stereocenters. The lowest BCUT2D eigenvalue weighted by molar-refractivity contribution is -0.0181. The summed E-state index contributed by atoms with van der Waals surface area (Å²) in [6, 6.07) is 3.60. The Bertz CT molecular complexity index is 513. The van der Waals surface area contributed by atoms with Gasteiger partial charge in [-0.2, -0.15) is 0 Å². The van der Waals surface area contributed by atoms with Gasteiger partial charge in [0.05, 0.1) is 6.42 Å². The van der Waals surface area contributed by atoms with Crippen LogP contribution in [0.1, 0.15) is 61.4 Å². The van der Waals surface area contributed by atoms with Gasteiger partial charge in [-0.3, -0.25) is 4.79 Å². The van der Waals surface area contributed by atoms with Gasteiger partial charge < -0.3 is 9.84 Å². The lowest BCUT2D eigenvalue weighted by atomic mass is 9.74. The summed E-state index contributed by atoms with van der Waals surface area (Å²) in [6.07, 6.45) is 3.43. The summed E-state index contributed by atoms with van der Waals surface area (Å²) < 4.78 is 6.02. The van der Waals surface area contributed by atoms with Gasteiger partial charge in [0.25, 0.3) is 0 Å². The molecule has 18 heavy (non-hydrogen) atoms. The Morgan fingerprint density at radius 1 is 1.33 bits per heavy atom. The Hall–Kier alpha value is -1.51.